The molecule has 1 aliphatic heterocycles. The summed E-state index contributed by atoms with van der Waals surface area (Å²) in [5.41, 5.74) is 8.17. The van der Waals surface area contributed by atoms with Crippen LogP contribution in [-0.2, 0) is 5.41 Å². The molecule has 0 atom stereocenters. The van der Waals surface area contributed by atoms with E-state index in [1.807, 2.05) is 108 Å². The van der Waals surface area contributed by atoms with Gasteiger partial charge in [0.05, 0.1) is 35.9 Å². The average Bonchev–Trinajstić information content (AvgIpc) is 4.16. The first kappa shape index (κ1) is 32.1. The minimum atomic E-state index is -0.667. The summed E-state index contributed by atoms with van der Waals surface area (Å²) < 4.78 is 101. The van der Waals surface area contributed by atoms with Crippen LogP contribution in [0, 0.1) is 6.33 Å². The van der Waals surface area contributed by atoms with Crippen molar-refractivity contribution in [1.29, 1.82) is 0 Å². The topological polar surface area (TPSA) is 47.9 Å². The van der Waals surface area contributed by atoms with Gasteiger partial charge in [-0.1, -0.05) is 190 Å². The molecule has 0 radical (unpaired) electrons. The second kappa shape index (κ2) is 17.2. The molecule has 0 unspecified atom stereocenters. The zero-order chi connectivity index (χ0) is 55.2. The average molecular weight is 900 g/mol. The number of aromatic nitrogens is 4. The molecule has 12 rings (SSSR count). The maximum atomic E-state index is 9.18. The van der Waals surface area contributed by atoms with Gasteiger partial charge in [-0.25, -0.2) is 4.98 Å². The Morgan fingerprint density at radius 1 is 0.609 bits per heavy atom. The van der Waals surface area contributed by atoms with Gasteiger partial charge in [-0.05, 0) is 104 Å². The summed E-state index contributed by atoms with van der Waals surface area (Å²) in [7, 11) is 0. The third-order valence-electron chi connectivity index (χ3n) is 12.6. The van der Waals surface area contributed by atoms with Crippen LogP contribution in [0.2, 0.25) is 0 Å². The number of imidazole rings is 1. The first-order chi connectivity index (χ1) is 38.0. The largest absolute Gasteiger partial charge is 0.511 e. The van der Waals surface area contributed by atoms with E-state index in [1.165, 1.54) is 0 Å². The number of hydrogen-bond donors (Lipinski definition) is 1. The molecule has 0 saturated heterocycles. The lowest BCUT2D eigenvalue weighted by molar-refractivity contribution is -0.570. The van der Waals surface area contributed by atoms with Gasteiger partial charge in [0.1, 0.15) is 11.6 Å². The number of hydrogen-bond acceptors (Lipinski definition) is 3. The van der Waals surface area contributed by atoms with E-state index >= 15 is 0 Å². The van der Waals surface area contributed by atoms with Crippen molar-refractivity contribution in [2.24, 2.45) is 0 Å². The molecule has 0 saturated carbocycles. The molecule has 8 aromatic carbocycles. The van der Waals surface area contributed by atoms with Gasteiger partial charge in [-0.3, -0.25) is 4.57 Å². The van der Waals surface area contributed by atoms with Crippen LogP contribution in [0.4, 0.5) is 0 Å². The highest BCUT2D eigenvalue weighted by molar-refractivity contribution is 6.61. The summed E-state index contributed by atoms with van der Waals surface area (Å²) in [5, 5.41) is 5.63. The Morgan fingerprint density at radius 2 is 1.26 bits per heavy atom. The van der Waals surface area contributed by atoms with E-state index in [0.717, 1.165) is 55.4 Å². The first-order valence-corrected chi connectivity index (χ1v) is 22.7. The van der Waals surface area contributed by atoms with Gasteiger partial charge < -0.3 is 19.0 Å². The van der Waals surface area contributed by atoms with Crippen LogP contribution in [0.5, 0.6) is 5.75 Å². The monoisotopic (exact) mass is 899 g/mol. The molecule has 0 aliphatic carbocycles. The normalized spacial score (nSPS) is 14.7. The number of benzene rings is 8. The third kappa shape index (κ3) is 7.78. The third-order valence-corrected chi connectivity index (χ3v) is 12.6. The maximum Gasteiger partial charge on any atom is 0.511 e. The molecule has 0 spiro atoms. The fourth-order valence-corrected chi connectivity index (χ4v) is 9.23. The minimum absolute atomic E-state index is 0.124. The van der Waals surface area contributed by atoms with Gasteiger partial charge >= 0.3 is 6.98 Å². The van der Waals surface area contributed by atoms with Gasteiger partial charge in [0.25, 0.3) is 0 Å². The number of pyridine rings is 1. The van der Waals surface area contributed by atoms with Crippen LogP contribution in [0.25, 0.3) is 88.9 Å². The van der Waals surface area contributed by atoms with Crippen molar-refractivity contribution in [2.75, 3.05) is 0 Å². The second-order valence-corrected chi connectivity index (χ2v) is 17.9. The highest BCUT2D eigenvalue weighted by Gasteiger charge is 2.29. The lowest BCUT2D eigenvalue weighted by Crippen LogP contribution is -2.43. The molecular formula is C62H48BN5O. The molecule has 69 heavy (non-hydrogen) atoms. The molecular weight excluding hydrogens is 842 g/mol. The lowest BCUT2D eigenvalue weighted by Gasteiger charge is -2.20. The molecule has 1 aliphatic rings. The summed E-state index contributed by atoms with van der Waals surface area (Å²) in [5.74, 6) is 3.67. The Kier molecular flexibility index (Phi) is 8.00. The molecule has 11 aromatic rings. The van der Waals surface area contributed by atoms with E-state index in [2.05, 4.69) is 85.4 Å². The van der Waals surface area contributed by atoms with Crippen LogP contribution >= 0.6 is 0 Å². The number of nitrogens with zero attached hydrogens (tertiary/aromatic N) is 4. The minimum Gasteiger partial charge on any atom is -0.442 e. The zero-order valence-corrected chi connectivity index (χ0v) is 37.9. The summed E-state index contributed by atoms with van der Waals surface area (Å²) in [6.45, 7) is 5.89. The highest BCUT2D eigenvalue weighted by Crippen LogP contribution is 2.38. The molecule has 0 bridgehead atoms. The molecule has 0 amide bonds. The quantitative estimate of drug-likeness (QED) is 0.0892. The van der Waals surface area contributed by atoms with E-state index in [-0.39, 0.29) is 33.4 Å². The SMILES string of the molecule is [2H]c1c([2H])c([2H])c(-c2cccc(-c3c([2H])c([2H])c([2H])c([2H])c3[2H])c2-[n+]2[c-]n(B3C=CC=C(Oc4ccc5c6cc(-c7ccccc7)ccc6n(-c6cc(C(C)(C)C)ccn6)c5c4)N3)c3ccc(-c4ccccc4)cc32)c([2H])c1[2H]. The van der Waals surface area contributed by atoms with E-state index in [1.54, 1.807) is 22.8 Å². The molecule has 1 N–H and O–H groups in total. The van der Waals surface area contributed by atoms with E-state index in [4.69, 9.17) is 17.9 Å². The van der Waals surface area contributed by atoms with Gasteiger partial charge in [-0.15, -0.1) is 0 Å². The molecule has 7 heteroatoms. The fraction of sp³-hybridized carbons (Fsp3) is 0.0645. The van der Waals surface area contributed by atoms with Crippen LogP contribution < -0.4 is 14.5 Å². The van der Waals surface area contributed by atoms with Crippen molar-refractivity contribution in [2.45, 2.75) is 26.2 Å². The summed E-state index contributed by atoms with van der Waals surface area (Å²) in [6, 6.07) is 42.2. The first-order valence-electron chi connectivity index (χ1n) is 27.7. The number of fused-ring (bicyclic) bond motifs is 4. The maximum absolute atomic E-state index is 9.18. The summed E-state index contributed by atoms with van der Waals surface area (Å²) >= 11 is 0. The van der Waals surface area contributed by atoms with Gasteiger partial charge in [0, 0.05) is 28.6 Å². The standard InChI is InChI=1S/C62H48BN5O/c1-62(2,3)49-35-37-64-59(40-49)68-55-33-29-47(43-18-8-4-9-19-43)38-54(55)53-32-31-50(41-57(53)68)69-60-28-17-36-63(65-60)67-42-66(58-39-48(30-34-56(58)67)44-20-10-5-11-21-44)61-51(45-22-12-6-13-23-45)26-16-27-52(61)46-24-14-7-15-25-46/h4-41,65H,1-3H3/i6D,7D,12D,13D,14D,15D,22D,23D,24D,25D. The van der Waals surface area contributed by atoms with E-state index < -0.39 is 67.4 Å². The number of nitrogens with one attached hydrogen (secondary N) is 1. The smallest absolute Gasteiger partial charge is 0.442 e. The van der Waals surface area contributed by atoms with Crippen molar-refractivity contribution in [3.63, 3.8) is 0 Å². The van der Waals surface area contributed by atoms with Gasteiger partial charge in [0.15, 0.2) is 5.88 Å². The Balaban J connectivity index is 1.01. The van der Waals surface area contributed by atoms with Crippen molar-refractivity contribution in [3.8, 4) is 61.8 Å². The Bertz CT molecular complexity index is 4230. The highest BCUT2D eigenvalue weighted by atomic mass is 16.5. The Morgan fingerprint density at radius 3 is 1.93 bits per heavy atom. The molecule has 0 fully saturated rings. The Labute approximate surface area is 416 Å². The number of rotatable bonds is 9. The molecule has 330 valence electrons. The predicted molar refractivity (Wildman–Crippen MR) is 283 cm³/mol. The number of allylic oxidation sites excluding steroid dienone is 2. The Hall–Kier alpha value is -8.68. The van der Waals surface area contributed by atoms with Crippen LogP contribution in [-0.4, -0.2) is 21.0 Å². The van der Waals surface area contributed by atoms with E-state index in [9.17, 15) is 5.48 Å². The van der Waals surface area contributed by atoms with E-state index in [0.29, 0.717) is 22.7 Å². The summed E-state index contributed by atoms with van der Waals surface area (Å²) in [4.78, 5) is 4.92. The number of para-hydroxylation sites is 1. The summed E-state index contributed by atoms with van der Waals surface area (Å²) in [6.07, 6.45) is 9.09. The van der Waals surface area contributed by atoms with Crippen LogP contribution in [0.15, 0.2) is 236 Å². The van der Waals surface area contributed by atoms with Crippen LogP contribution in [0.3, 0.4) is 0 Å². The van der Waals surface area contributed by atoms with Crippen molar-refractivity contribution in [1.82, 2.24) is 19.3 Å². The van der Waals surface area contributed by atoms with Gasteiger partial charge in [-0.2, -0.15) is 0 Å². The fourth-order valence-electron chi connectivity index (χ4n) is 9.23. The zero-order valence-electron chi connectivity index (χ0n) is 47.9. The van der Waals surface area contributed by atoms with Crippen molar-refractivity contribution < 1.29 is 23.0 Å². The predicted octanol–water partition coefficient (Wildman–Crippen LogP) is 14.1. The van der Waals surface area contributed by atoms with Crippen molar-refractivity contribution >= 4 is 39.8 Å². The van der Waals surface area contributed by atoms with Crippen LogP contribution in [0.1, 0.15) is 40.0 Å². The lowest BCUT2D eigenvalue weighted by atomic mass is 9.74. The van der Waals surface area contributed by atoms with Crippen molar-refractivity contribution in [3.05, 3.63) is 248 Å². The molecule has 4 heterocycles. The number of ether oxygens (including phenoxy) is 1. The molecule has 3 aromatic heterocycles. The molecule has 6 nitrogen and oxygen atoms in total. The second-order valence-electron chi connectivity index (χ2n) is 17.9. The van der Waals surface area contributed by atoms with Gasteiger partial charge in [0.2, 0.25) is 6.33 Å².